The van der Waals surface area contributed by atoms with E-state index in [9.17, 15) is 9.59 Å². The predicted octanol–water partition coefficient (Wildman–Crippen LogP) is 7.47. The number of esters is 2. The summed E-state index contributed by atoms with van der Waals surface area (Å²) in [6.45, 7) is 8.57. The van der Waals surface area contributed by atoms with E-state index in [1.165, 1.54) is 83.5 Å². The Bertz CT molecular complexity index is 468. The van der Waals surface area contributed by atoms with Gasteiger partial charge >= 0.3 is 11.9 Å². The molecule has 174 valence electrons. The van der Waals surface area contributed by atoms with Crippen molar-refractivity contribution in [3.8, 4) is 0 Å². The first-order chi connectivity index (χ1) is 14.6. The van der Waals surface area contributed by atoms with Crippen LogP contribution in [-0.4, -0.2) is 25.2 Å². The Labute approximate surface area is 185 Å². The molecule has 0 aromatic rings. The van der Waals surface area contributed by atoms with Crippen molar-refractivity contribution in [2.75, 3.05) is 13.2 Å². The molecular weight excluding hydrogens is 376 g/mol. The summed E-state index contributed by atoms with van der Waals surface area (Å²) in [5.41, 5.74) is 0.953. The number of carbonyl (C=O) groups excluding carboxylic acids is 2. The van der Waals surface area contributed by atoms with Crippen molar-refractivity contribution < 1.29 is 19.1 Å². The fourth-order valence-corrected chi connectivity index (χ4v) is 3.20. The van der Waals surface area contributed by atoms with Gasteiger partial charge in [0.1, 0.15) is 0 Å². The van der Waals surface area contributed by atoms with Gasteiger partial charge in [0.25, 0.3) is 0 Å². The molecule has 0 radical (unpaired) electrons. The Balaban J connectivity index is 3.33. The van der Waals surface area contributed by atoms with Crippen molar-refractivity contribution in [2.24, 2.45) is 0 Å². The first-order valence-corrected chi connectivity index (χ1v) is 12.2. The van der Waals surface area contributed by atoms with Crippen molar-refractivity contribution in [1.29, 1.82) is 0 Å². The van der Waals surface area contributed by atoms with E-state index < -0.39 is 11.9 Å². The van der Waals surface area contributed by atoms with Crippen molar-refractivity contribution in [2.45, 2.75) is 117 Å². The number of hydrogen-bond donors (Lipinski definition) is 0. The maximum absolute atomic E-state index is 11.5. The van der Waals surface area contributed by atoms with Crippen LogP contribution in [0.3, 0.4) is 0 Å². The van der Waals surface area contributed by atoms with Crippen LogP contribution in [-0.2, 0) is 19.1 Å². The Kier molecular flexibility index (Phi) is 20.9. The maximum Gasteiger partial charge on any atom is 0.331 e. The standard InChI is InChI=1S/C26H46O4/c1-4-5-6-7-8-9-10-11-12-13-14-15-16-17-18-22-29-25(27)19-20-26(28)30-23-21-24(2)3/h19-20H,2,4-18,21-23H2,1,3H3/b20-19+. The highest BCUT2D eigenvalue weighted by Crippen LogP contribution is 2.13. The second-order valence-corrected chi connectivity index (χ2v) is 8.33. The van der Waals surface area contributed by atoms with Crippen LogP contribution < -0.4 is 0 Å². The molecule has 0 bridgehead atoms. The molecule has 0 aliphatic carbocycles. The lowest BCUT2D eigenvalue weighted by Crippen LogP contribution is -2.06. The van der Waals surface area contributed by atoms with E-state index in [0.29, 0.717) is 13.0 Å². The lowest BCUT2D eigenvalue weighted by Gasteiger charge is -2.04. The number of ether oxygens (including phenoxy) is 2. The van der Waals surface area contributed by atoms with Crippen LogP contribution in [0.5, 0.6) is 0 Å². The molecular formula is C26H46O4. The maximum atomic E-state index is 11.5. The third-order valence-corrected chi connectivity index (χ3v) is 5.12. The average Bonchev–Trinajstić information content (AvgIpc) is 2.71. The van der Waals surface area contributed by atoms with Gasteiger partial charge in [0.05, 0.1) is 13.2 Å². The van der Waals surface area contributed by atoms with Gasteiger partial charge in [-0.2, -0.15) is 0 Å². The van der Waals surface area contributed by atoms with Gasteiger partial charge < -0.3 is 9.47 Å². The Morgan fingerprint density at radius 2 is 1.00 bits per heavy atom. The number of carbonyl (C=O) groups is 2. The molecule has 0 aromatic carbocycles. The van der Waals surface area contributed by atoms with Gasteiger partial charge in [-0.3, -0.25) is 0 Å². The molecule has 0 heterocycles. The molecule has 0 atom stereocenters. The van der Waals surface area contributed by atoms with Crippen molar-refractivity contribution in [3.05, 3.63) is 24.3 Å². The van der Waals surface area contributed by atoms with Gasteiger partial charge in [0, 0.05) is 18.6 Å². The number of unbranched alkanes of at least 4 members (excludes halogenated alkanes) is 14. The highest BCUT2D eigenvalue weighted by Gasteiger charge is 2.01. The fourth-order valence-electron chi connectivity index (χ4n) is 3.20. The minimum Gasteiger partial charge on any atom is -0.463 e. The van der Waals surface area contributed by atoms with E-state index in [0.717, 1.165) is 30.6 Å². The summed E-state index contributed by atoms with van der Waals surface area (Å²) in [5.74, 6) is -1.02. The highest BCUT2D eigenvalue weighted by molar-refractivity contribution is 5.91. The average molecular weight is 423 g/mol. The van der Waals surface area contributed by atoms with Gasteiger partial charge in [0.2, 0.25) is 0 Å². The van der Waals surface area contributed by atoms with E-state index in [1.807, 2.05) is 6.92 Å². The summed E-state index contributed by atoms with van der Waals surface area (Å²) in [5, 5.41) is 0. The zero-order chi connectivity index (χ0) is 22.3. The van der Waals surface area contributed by atoms with Crippen LogP contribution in [0, 0.1) is 0 Å². The zero-order valence-electron chi connectivity index (χ0n) is 19.7. The summed E-state index contributed by atoms with van der Waals surface area (Å²) >= 11 is 0. The smallest absolute Gasteiger partial charge is 0.331 e. The quantitative estimate of drug-likeness (QED) is 0.0833. The van der Waals surface area contributed by atoms with Crippen molar-refractivity contribution >= 4 is 11.9 Å². The third kappa shape index (κ3) is 22.7. The number of rotatable bonds is 21. The summed E-state index contributed by atoms with van der Waals surface area (Å²) in [7, 11) is 0. The largest absolute Gasteiger partial charge is 0.463 e. The summed E-state index contributed by atoms with van der Waals surface area (Å²) in [6, 6.07) is 0. The third-order valence-electron chi connectivity index (χ3n) is 5.12. The Morgan fingerprint density at radius 3 is 1.40 bits per heavy atom. The van der Waals surface area contributed by atoms with Gasteiger partial charge in [-0.15, -0.1) is 6.58 Å². The molecule has 4 heteroatoms. The SMILES string of the molecule is C=C(C)CCOC(=O)/C=C/C(=O)OCCCCCCCCCCCCCCCCC. The van der Waals surface area contributed by atoms with E-state index in [-0.39, 0.29) is 6.61 Å². The van der Waals surface area contributed by atoms with E-state index in [2.05, 4.69) is 13.5 Å². The number of hydrogen-bond acceptors (Lipinski definition) is 4. The van der Waals surface area contributed by atoms with E-state index in [1.54, 1.807) is 0 Å². The lowest BCUT2D eigenvalue weighted by atomic mass is 10.0. The normalized spacial score (nSPS) is 11.0. The molecule has 0 N–H and O–H groups in total. The molecule has 0 aliphatic heterocycles. The van der Waals surface area contributed by atoms with Gasteiger partial charge in [-0.25, -0.2) is 9.59 Å². The summed E-state index contributed by atoms with van der Waals surface area (Å²) in [6.07, 6.45) is 22.5. The van der Waals surface area contributed by atoms with Crippen molar-refractivity contribution in [3.63, 3.8) is 0 Å². The van der Waals surface area contributed by atoms with Crippen LogP contribution in [0.4, 0.5) is 0 Å². The summed E-state index contributed by atoms with van der Waals surface area (Å²) in [4.78, 5) is 23.0. The highest BCUT2D eigenvalue weighted by atomic mass is 16.5. The zero-order valence-corrected chi connectivity index (χ0v) is 19.7. The van der Waals surface area contributed by atoms with Crippen LogP contribution >= 0.6 is 0 Å². The molecule has 30 heavy (non-hydrogen) atoms. The monoisotopic (exact) mass is 422 g/mol. The van der Waals surface area contributed by atoms with E-state index >= 15 is 0 Å². The Hall–Kier alpha value is -1.58. The molecule has 0 fully saturated rings. The van der Waals surface area contributed by atoms with E-state index in [4.69, 9.17) is 9.47 Å². The van der Waals surface area contributed by atoms with Gasteiger partial charge in [0.15, 0.2) is 0 Å². The predicted molar refractivity (Wildman–Crippen MR) is 125 cm³/mol. The molecule has 0 spiro atoms. The lowest BCUT2D eigenvalue weighted by molar-refractivity contribution is -0.140. The van der Waals surface area contributed by atoms with Gasteiger partial charge in [-0.1, -0.05) is 102 Å². The minimum atomic E-state index is -0.528. The molecule has 4 nitrogen and oxygen atoms in total. The van der Waals surface area contributed by atoms with Gasteiger partial charge in [-0.05, 0) is 13.3 Å². The molecule has 0 amide bonds. The second kappa shape index (κ2) is 22.1. The molecule has 0 rings (SSSR count). The van der Waals surface area contributed by atoms with Crippen LogP contribution in [0.1, 0.15) is 117 Å². The topological polar surface area (TPSA) is 52.6 Å². The first-order valence-electron chi connectivity index (χ1n) is 12.2. The first kappa shape index (κ1) is 28.4. The molecule has 0 saturated carbocycles. The van der Waals surface area contributed by atoms with Crippen LogP contribution in [0.25, 0.3) is 0 Å². The Morgan fingerprint density at radius 1 is 0.633 bits per heavy atom. The van der Waals surface area contributed by atoms with Crippen LogP contribution in [0.15, 0.2) is 24.3 Å². The molecule has 0 aromatic heterocycles. The van der Waals surface area contributed by atoms with Crippen molar-refractivity contribution in [1.82, 2.24) is 0 Å². The second-order valence-electron chi connectivity index (χ2n) is 8.33. The minimum absolute atomic E-state index is 0.284. The molecule has 0 unspecified atom stereocenters. The molecule has 0 aliphatic rings. The molecule has 0 saturated heterocycles. The van der Waals surface area contributed by atoms with Crippen LogP contribution in [0.2, 0.25) is 0 Å². The summed E-state index contributed by atoms with van der Waals surface area (Å²) < 4.78 is 10.0. The fraction of sp³-hybridized carbons (Fsp3) is 0.769.